The summed E-state index contributed by atoms with van der Waals surface area (Å²) in [5.41, 5.74) is 0.893. The Morgan fingerprint density at radius 1 is 1.29 bits per heavy atom. The first-order valence-corrected chi connectivity index (χ1v) is 8.50. The molecule has 1 unspecified atom stereocenters. The Morgan fingerprint density at radius 3 is 2.52 bits per heavy atom. The molecule has 0 aromatic heterocycles. The molecule has 1 aromatic carbocycles. The third kappa shape index (κ3) is 4.04. The van der Waals surface area contributed by atoms with Crippen molar-refractivity contribution < 1.29 is 18.0 Å². The molecule has 1 fully saturated rings. The minimum absolute atomic E-state index is 0.0682. The predicted molar refractivity (Wildman–Crippen MR) is 78.1 cm³/mol. The summed E-state index contributed by atoms with van der Waals surface area (Å²) in [6, 6.07) is 8.84. The molecular formula is C14H18N2O4S. The number of benzene rings is 1. The smallest absolute Gasteiger partial charge is 0.311 e. The predicted octanol–water partition coefficient (Wildman–Crippen LogP) is -0.0517. The molecule has 1 aliphatic heterocycles. The number of nitrogens with one attached hydrogen (secondary N) is 1. The van der Waals surface area contributed by atoms with Gasteiger partial charge in [-0.05, 0) is 12.0 Å². The minimum atomic E-state index is -3.08. The molecule has 0 bridgehead atoms. The van der Waals surface area contributed by atoms with E-state index in [1.165, 1.54) is 11.9 Å². The monoisotopic (exact) mass is 310 g/mol. The van der Waals surface area contributed by atoms with Crippen molar-refractivity contribution in [2.24, 2.45) is 0 Å². The molecule has 0 saturated carbocycles. The molecule has 21 heavy (non-hydrogen) atoms. The van der Waals surface area contributed by atoms with E-state index in [2.05, 4.69) is 5.32 Å². The number of carbonyl (C=O) groups excluding carboxylic acids is 2. The topological polar surface area (TPSA) is 83.6 Å². The molecule has 1 saturated heterocycles. The average molecular weight is 310 g/mol. The Hall–Kier alpha value is -1.89. The molecule has 0 aliphatic carbocycles. The molecular weight excluding hydrogens is 292 g/mol. The van der Waals surface area contributed by atoms with E-state index in [-0.39, 0.29) is 18.1 Å². The lowest BCUT2D eigenvalue weighted by Crippen LogP contribution is -2.46. The largest absolute Gasteiger partial charge is 0.344 e. The van der Waals surface area contributed by atoms with Crippen LogP contribution in [0.4, 0.5) is 0 Å². The normalized spacial score (nSPS) is 20.0. The molecule has 1 aromatic rings. The van der Waals surface area contributed by atoms with Crippen LogP contribution in [0.1, 0.15) is 12.0 Å². The van der Waals surface area contributed by atoms with Gasteiger partial charge in [0, 0.05) is 19.6 Å². The lowest BCUT2D eigenvalue weighted by atomic mass is 10.2. The first-order chi connectivity index (χ1) is 9.89. The number of likely N-dealkylation sites (N-methyl/N-ethyl adjacent to an activating group) is 1. The first kappa shape index (κ1) is 15.5. The van der Waals surface area contributed by atoms with Gasteiger partial charge in [-0.3, -0.25) is 9.59 Å². The number of hydrogen-bond donors (Lipinski definition) is 1. The van der Waals surface area contributed by atoms with E-state index in [0.29, 0.717) is 6.42 Å². The van der Waals surface area contributed by atoms with Gasteiger partial charge in [-0.2, -0.15) is 0 Å². The molecule has 2 rings (SSSR count). The van der Waals surface area contributed by atoms with Crippen molar-refractivity contribution in [1.29, 1.82) is 0 Å². The van der Waals surface area contributed by atoms with Gasteiger partial charge in [-0.25, -0.2) is 8.42 Å². The second-order valence-corrected chi connectivity index (χ2v) is 7.37. The molecule has 1 aliphatic rings. The van der Waals surface area contributed by atoms with Gasteiger partial charge in [0.05, 0.1) is 11.5 Å². The second kappa shape index (κ2) is 6.26. The molecule has 0 spiro atoms. The van der Waals surface area contributed by atoms with Crippen molar-refractivity contribution in [2.45, 2.75) is 19.0 Å². The summed E-state index contributed by atoms with van der Waals surface area (Å²) in [6.45, 7) is 0.266. The highest BCUT2D eigenvalue weighted by molar-refractivity contribution is 7.91. The molecule has 1 atom stereocenters. The van der Waals surface area contributed by atoms with Gasteiger partial charge in [0.1, 0.15) is 0 Å². The lowest BCUT2D eigenvalue weighted by molar-refractivity contribution is -0.146. The second-order valence-electron chi connectivity index (χ2n) is 5.14. The van der Waals surface area contributed by atoms with Crippen LogP contribution in [0.15, 0.2) is 30.3 Å². The maximum atomic E-state index is 12.0. The molecule has 7 heteroatoms. The van der Waals surface area contributed by atoms with Crippen LogP contribution in [0.5, 0.6) is 0 Å². The third-order valence-electron chi connectivity index (χ3n) is 3.57. The van der Waals surface area contributed by atoms with Gasteiger partial charge in [-0.15, -0.1) is 0 Å². The van der Waals surface area contributed by atoms with Crippen molar-refractivity contribution >= 4 is 21.7 Å². The number of hydrogen-bond acceptors (Lipinski definition) is 4. The summed E-state index contributed by atoms with van der Waals surface area (Å²) in [5, 5.41) is 2.54. The summed E-state index contributed by atoms with van der Waals surface area (Å²) in [7, 11) is -1.61. The van der Waals surface area contributed by atoms with E-state index in [9.17, 15) is 18.0 Å². The zero-order chi connectivity index (χ0) is 15.5. The molecule has 2 amide bonds. The lowest BCUT2D eigenvalue weighted by Gasteiger charge is -2.22. The van der Waals surface area contributed by atoms with Gasteiger partial charge < -0.3 is 10.2 Å². The first-order valence-electron chi connectivity index (χ1n) is 6.68. The van der Waals surface area contributed by atoms with Crippen molar-refractivity contribution in [3.05, 3.63) is 35.9 Å². The Balaban J connectivity index is 1.89. The fourth-order valence-corrected chi connectivity index (χ4v) is 4.04. The summed E-state index contributed by atoms with van der Waals surface area (Å²) in [5.74, 6) is -1.42. The van der Waals surface area contributed by atoms with Gasteiger partial charge in [-0.1, -0.05) is 30.3 Å². The van der Waals surface area contributed by atoms with Gasteiger partial charge in [0.2, 0.25) is 0 Å². The number of amides is 2. The van der Waals surface area contributed by atoms with Crippen LogP contribution in [-0.4, -0.2) is 49.7 Å². The van der Waals surface area contributed by atoms with Crippen molar-refractivity contribution in [1.82, 2.24) is 10.2 Å². The van der Waals surface area contributed by atoms with E-state index in [0.717, 1.165) is 5.56 Å². The molecule has 0 radical (unpaired) electrons. The van der Waals surface area contributed by atoms with Crippen LogP contribution in [0, 0.1) is 0 Å². The highest BCUT2D eigenvalue weighted by Gasteiger charge is 2.34. The highest BCUT2D eigenvalue weighted by Crippen LogP contribution is 2.16. The van der Waals surface area contributed by atoms with E-state index < -0.39 is 27.7 Å². The Bertz CT molecular complexity index is 628. The molecule has 6 nitrogen and oxygen atoms in total. The standard InChI is InChI=1S/C14H18N2O4S/c1-16(12-7-8-21(19,20)10-12)14(18)13(17)15-9-11-5-3-2-4-6-11/h2-6,12H,7-10H2,1H3,(H,15,17). The highest BCUT2D eigenvalue weighted by atomic mass is 32.2. The Morgan fingerprint density at radius 2 is 1.95 bits per heavy atom. The van der Waals surface area contributed by atoms with Crippen molar-refractivity contribution in [2.75, 3.05) is 18.6 Å². The number of carbonyl (C=O) groups is 2. The van der Waals surface area contributed by atoms with Crippen LogP contribution in [0.3, 0.4) is 0 Å². The van der Waals surface area contributed by atoms with E-state index in [4.69, 9.17) is 0 Å². The third-order valence-corrected chi connectivity index (χ3v) is 5.32. The molecule has 1 N–H and O–H groups in total. The van der Waals surface area contributed by atoms with Crippen LogP contribution >= 0.6 is 0 Å². The van der Waals surface area contributed by atoms with Crippen molar-refractivity contribution in [3.8, 4) is 0 Å². The summed E-state index contributed by atoms with van der Waals surface area (Å²) >= 11 is 0. The van der Waals surface area contributed by atoms with Crippen LogP contribution < -0.4 is 5.32 Å². The number of rotatable bonds is 3. The van der Waals surface area contributed by atoms with Gasteiger partial charge >= 0.3 is 11.8 Å². The zero-order valence-electron chi connectivity index (χ0n) is 11.8. The Labute approximate surface area is 124 Å². The van der Waals surface area contributed by atoms with Gasteiger partial charge in [0.15, 0.2) is 9.84 Å². The van der Waals surface area contributed by atoms with Crippen LogP contribution in [0.2, 0.25) is 0 Å². The fraction of sp³-hybridized carbons (Fsp3) is 0.429. The molecule has 1 heterocycles. The van der Waals surface area contributed by atoms with Gasteiger partial charge in [0.25, 0.3) is 0 Å². The Kier molecular flexibility index (Phi) is 4.62. The average Bonchev–Trinajstić information content (AvgIpc) is 2.84. The minimum Gasteiger partial charge on any atom is -0.344 e. The fourth-order valence-electron chi connectivity index (χ4n) is 2.26. The van der Waals surface area contributed by atoms with Crippen molar-refractivity contribution in [3.63, 3.8) is 0 Å². The summed E-state index contributed by atoms with van der Waals surface area (Å²) in [4.78, 5) is 25.0. The zero-order valence-corrected chi connectivity index (χ0v) is 12.6. The van der Waals surface area contributed by atoms with E-state index in [1.54, 1.807) is 0 Å². The maximum absolute atomic E-state index is 12.0. The van der Waals surface area contributed by atoms with E-state index >= 15 is 0 Å². The van der Waals surface area contributed by atoms with Crippen LogP contribution in [-0.2, 0) is 26.0 Å². The van der Waals surface area contributed by atoms with E-state index in [1.807, 2.05) is 30.3 Å². The van der Waals surface area contributed by atoms with Crippen LogP contribution in [0.25, 0.3) is 0 Å². The maximum Gasteiger partial charge on any atom is 0.311 e. The number of nitrogens with zero attached hydrogens (tertiary/aromatic N) is 1. The SMILES string of the molecule is CN(C(=O)C(=O)NCc1ccccc1)C1CCS(=O)(=O)C1. The summed E-state index contributed by atoms with van der Waals surface area (Å²) in [6.07, 6.45) is 0.385. The quantitative estimate of drug-likeness (QED) is 0.793. The summed E-state index contributed by atoms with van der Waals surface area (Å²) < 4.78 is 22.8. The number of sulfone groups is 1. The molecule has 114 valence electrons.